The van der Waals surface area contributed by atoms with E-state index in [0.717, 1.165) is 0 Å². The molecule has 2 N–H and O–H groups in total. The number of amides is 1. The molecule has 0 bridgehead atoms. The smallest absolute Gasteiger partial charge is 0.259 e. The van der Waals surface area contributed by atoms with Crippen LogP contribution in [0.25, 0.3) is 0 Å². The average molecular weight is 282 g/mol. The summed E-state index contributed by atoms with van der Waals surface area (Å²) < 4.78 is 0. The van der Waals surface area contributed by atoms with E-state index < -0.39 is 5.91 Å². The number of para-hydroxylation sites is 2. The molecular weight excluding hydrogens is 273 g/mol. The van der Waals surface area contributed by atoms with Crippen molar-refractivity contribution in [2.75, 3.05) is 5.32 Å². The van der Waals surface area contributed by atoms with E-state index in [4.69, 9.17) is 23.2 Å². The van der Waals surface area contributed by atoms with Crippen LogP contribution in [0.1, 0.15) is 10.4 Å². The van der Waals surface area contributed by atoms with Crippen molar-refractivity contribution in [3.8, 4) is 5.75 Å². The molecule has 0 radical (unpaired) electrons. The van der Waals surface area contributed by atoms with Gasteiger partial charge in [-0.25, -0.2) is 0 Å². The van der Waals surface area contributed by atoms with Gasteiger partial charge in [0.05, 0.1) is 21.3 Å². The van der Waals surface area contributed by atoms with Crippen molar-refractivity contribution in [1.82, 2.24) is 0 Å². The van der Waals surface area contributed by atoms with Crippen LogP contribution in [0.4, 0.5) is 5.69 Å². The molecule has 0 atom stereocenters. The third kappa shape index (κ3) is 2.58. The van der Waals surface area contributed by atoms with Gasteiger partial charge in [-0.05, 0) is 24.3 Å². The number of nitrogens with one attached hydrogen (secondary N) is 1. The minimum absolute atomic E-state index is 0.0989. The Kier molecular flexibility index (Phi) is 3.75. The largest absolute Gasteiger partial charge is 0.507 e. The zero-order valence-corrected chi connectivity index (χ0v) is 10.7. The molecule has 92 valence electrons. The lowest BCUT2D eigenvalue weighted by Crippen LogP contribution is -2.12. The lowest BCUT2D eigenvalue weighted by Gasteiger charge is -2.09. The summed E-state index contributed by atoms with van der Waals surface area (Å²) in [7, 11) is 0. The van der Waals surface area contributed by atoms with E-state index in [1.807, 2.05) is 0 Å². The van der Waals surface area contributed by atoms with E-state index in [2.05, 4.69) is 5.32 Å². The maximum atomic E-state index is 12.0. The second-order valence-corrected chi connectivity index (χ2v) is 4.38. The minimum Gasteiger partial charge on any atom is -0.507 e. The van der Waals surface area contributed by atoms with Crippen molar-refractivity contribution < 1.29 is 9.90 Å². The summed E-state index contributed by atoms with van der Waals surface area (Å²) in [6, 6.07) is 11.2. The minimum atomic E-state index is -0.469. The number of aromatic hydroxyl groups is 1. The summed E-state index contributed by atoms with van der Waals surface area (Å²) in [6.45, 7) is 0. The van der Waals surface area contributed by atoms with Crippen LogP contribution < -0.4 is 5.32 Å². The Morgan fingerprint density at radius 3 is 2.22 bits per heavy atom. The molecule has 2 aromatic carbocycles. The standard InChI is InChI=1S/C13H9Cl2NO2/c14-9-5-3-6-10(15)12(9)16-13(18)8-4-1-2-7-11(8)17/h1-7,17H,(H,16,18). The molecule has 0 heterocycles. The first-order chi connectivity index (χ1) is 8.59. The quantitative estimate of drug-likeness (QED) is 0.876. The third-order valence-electron chi connectivity index (χ3n) is 2.35. The number of phenolic OH excluding ortho intramolecular Hbond substituents is 1. The van der Waals surface area contributed by atoms with Gasteiger partial charge in [-0.15, -0.1) is 0 Å². The van der Waals surface area contributed by atoms with Crippen molar-refractivity contribution in [2.24, 2.45) is 0 Å². The maximum absolute atomic E-state index is 12.0. The van der Waals surface area contributed by atoms with Crippen LogP contribution in [-0.4, -0.2) is 11.0 Å². The number of halogens is 2. The molecule has 0 fully saturated rings. The van der Waals surface area contributed by atoms with Gasteiger partial charge < -0.3 is 10.4 Å². The van der Waals surface area contributed by atoms with Gasteiger partial charge in [0, 0.05) is 0 Å². The van der Waals surface area contributed by atoms with E-state index in [1.165, 1.54) is 12.1 Å². The summed E-state index contributed by atoms with van der Waals surface area (Å²) in [4.78, 5) is 12.0. The monoisotopic (exact) mass is 281 g/mol. The SMILES string of the molecule is O=C(Nc1c(Cl)cccc1Cl)c1ccccc1O. The summed E-state index contributed by atoms with van der Waals surface area (Å²) in [5, 5.41) is 12.8. The molecule has 0 aliphatic carbocycles. The van der Waals surface area contributed by atoms with E-state index >= 15 is 0 Å². The Bertz CT molecular complexity index is 579. The second kappa shape index (κ2) is 5.29. The summed E-state index contributed by atoms with van der Waals surface area (Å²) in [6.07, 6.45) is 0. The summed E-state index contributed by atoms with van der Waals surface area (Å²) in [5.74, 6) is -0.568. The average Bonchev–Trinajstić information content (AvgIpc) is 2.34. The fourth-order valence-corrected chi connectivity index (χ4v) is 1.96. The van der Waals surface area contributed by atoms with Crippen LogP contribution in [0.3, 0.4) is 0 Å². The molecule has 18 heavy (non-hydrogen) atoms. The summed E-state index contributed by atoms with van der Waals surface area (Å²) in [5.41, 5.74) is 0.488. The first-order valence-electron chi connectivity index (χ1n) is 5.13. The highest BCUT2D eigenvalue weighted by Crippen LogP contribution is 2.30. The van der Waals surface area contributed by atoms with Crippen LogP contribution in [0.2, 0.25) is 10.0 Å². The van der Waals surface area contributed by atoms with Crippen molar-refractivity contribution >= 4 is 34.8 Å². The van der Waals surface area contributed by atoms with Crippen LogP contribution >= 0.6 is 23.2 Å². The van der Waals surface area contributed by atoms with Crippen LogP contribution in [0.5, 0.6) is 5.75 Å². The van der Waals surface area contributed by atoms with Gasteiger partial charge in [0.15, 0.2) is 0 Å². The highest BCUT2D eigenvalue weighted by atomic mass is 35.5. The van der Waals surface area contributed by atoms with Gasteiger partial charge in [0.1, 0.15) is 5.75 Å². The molecule has 0 aliphatic heterocycles. The molecule has 0 saturated heterocycles. The maximum Gasteiger partial charge on any atom is 0.259 e. The number of rotatable bonds is 2. The number of anilines is 1. The van der Waals surface area contributed by atoms with E-state index in [-0.39, 0.29) is 11.3 Å². The molecule has 0 aliphatic rings. The Balaban J connectivity index is 2.30. The molecule has 3 nitrogen and oxygen atoms in total. The van der Waals surface area contributed by atoms with Crippen LogP contribution in [-0.2, 0) is 0 Å². The fourth-order valence-electron chi connectivity index (χ4n) is 1.46. The van der Waals surface area contributed by atoms with Gasteiger partial charge in [-0.3, -0.25) is 4.79 Å². The fraction of sp³-hybridized carbons (Fsp3) is 0. The van der Waals surface area contributed by atoms with Gasteiger partial charge in [0.25, 0.3) is 5.91 Å². The molecule has 5 heteroatoms. The molecule has 0 aromatic heterocycles. The molecule has 0 saturated carbocycles. The van der Waals surface area contributed by atoms with Gasteiger partial charge >= 0.3 is 0 Å². The van der Waals surface area contributed by atoms with Gasteiger partial charge in [-0.1, -0.05) is 41.4 Å². The number of benzene rings is 2. The van der Waals surface area contributed by atoms with Gasteiger partial charge in [0.2, 0.25) is 0 Å². The number of hydrogen-bond donors (Lipinski definition) is 2. The van der Waals surface area contributed by atoms with E-state index in [1.54, 1.807) is 30.3 Å². The summed E-state index contributed by atoms with van der Waals surface area (Å²) >= 11 is 11.9. The van der Waals surface area contributed by atoms with Gasteiger partial charge in [-0.2, -0.15) is 0 Å². The zero-order valence-electron chi connectivity index (χ0n) is 9.15. The van der Waals surface area contributed by atoms with Crippen molar-refractivity contribution in [3.05, 3.63) is 58.1 Å². The number of carbonyl (C=O) groups is 1. The normalized spacial score (nSPS) is 10.1. The molecule has 0 spiro atoms. The second-order valence-electron chi connectivity index (χ2n) is 3.57. The predicted octanol–water partition coefficient (Wildman–Crippen LogP) is 3.95. The number of carbonyl (C=O) groups excluding carboxylic acids is 1. The van der Waals surface area contributed by atoms with Crippen molar-refractivity contribution in [1.29, 1.82) is 0 Å². The predicted molar refractivity (Wildman–Crippen MR) is 72.5 cm³/mol. The number of phenols is 1. The first kappa shape index (κ1) is 12.7. The van der Waals surface area contributed by atoms with Crippen molar-refractivity contribution in [3.63, 3.8) is 0 Å². The highest BCUT2D eigenvalue weighted by Gasteiger charge is 2.13. The Morgan fingerprint density at radius 2 is 1.61 bits per heavy atom. The van der Waals surface area contributed by atoms with Crippen molar-refractivity contribution in [2.45, 2.75) is 0 Å². The Labute approximate surface area is 114 Å². The molecule has 1 amide bonds. The zero-order chi connectivity index (χ0) is 13.1. The lowest BCUT2D eigenvalue weighted by molar-refractivity contribution is 0.102. The molecule has 2 rings (SSSR count). The Hall–Kier alpha value is -1.71. The Morgan fingerprint density at radius 1 is 1.00 bits per heavy atom. The highest BCUT2D eigenvalue weighted by molar-refractivity contribution is 6.40. The van der Waals surface area contributed by atoms with Crippen LogP contribution in [0.15, 0.2) is 42.5 Å². The molecule has 2 aromatic rings. The van der Waals surface area contributed by atoms with Crippen LogP contribution in [0, 0.1) is 0 Å². The topological polar surface area (TPSA) is 49.3 Å². The molecule has 0 unspecified atom stereocenters. The van der Waals surface area contributed by atoms with E-state index in [0.29, 0.717) is 15.7 Å². The third-order valence-corrected chi connectivity index (χ3v) is 2.98. The lowest BCUT2D eigenvalue weighted by atomic mass is 10.2. The first-order valence-corrected chi connectivity index (χ1v) is 5.88. The van der Waals surface area contributed by atoms with E-state index in [9.17, 15) is 9.90 Å². The molecular formula is C13H9Cl2NO2. The number of hydrogen-bond acceptors (Lipinski definition) is 2.